The summed E-state index contributed by atoms with van der Waals surface area (Å²) in [6.45, 7) is 6.57. The van der Waals surface area contributed by atoms with Crippen LogP contribution in [0.3, 0.4) is 0 Å². The maximum absolute atomic E-state index is 13.2. The van der Waals surface area contributed by atoms with Gasteiger partial charge in [0, 0.05) is 18.7 Å². The minimum atomic E-state index is -0.561. The summed E-state index contributed by atoms with van der Waals surface area (Å²) < 4.78 is 26.3. The maximum atomic E-state index is 13.2. The molecule has 1 fully saturated rings. The molecule has 3 heterocycles. The second-order valence-corrected chi connectivity index (χ2v) is 9.70. The molecule has 1 atom stereocenters. The van der Waals surface area contributed by atoms with Gasteiger partial charge < -0.3 is 20.1 Å². The lowest BCUT2D eigenvalue weighted by atomic mass is 10.1. The number of likely N-dealkylation sites (tertiary alicyclic amines) is 1. The van der Waals surface area contributed by atoms with E-state index in [4.69, 9.17) is 20.3 Å². The third kappa shape index (κ3) is 4.79. The molecular formula is C26H27FN6O3. The Hall–Kier alpha value is -4.21. The van der Waals surface area contributed by atoms with Crippen molar-refractivity contribution in [2.45, 2.75) is 38.8 Å². The highest BCUT2D eigenvalue weighted by Crippen LogP contribution is 2.35. The van der Waals surface area contributed by atoms with E-state index >= 15 is 0 Å². The van der Waals surface area contributed by atoms with Crippen molar-refractivity contribution in [2.24, 2.45) is 0 Å². The van der Waals surface area contributed by atoms with Gasteiger partial charge in [0.05, 0.1) is 11.4 Å². The Morgan fingerprint density at radius 3 is 2.39 bits per heavy atom. The fourth-order valence-corrected chi connectivity index (χ4v) is 4.21. The molecule has 36 heavy (non-hydrogen) atoms. The predicted molar refractivity (Wildman–Crippen MR) is 133 cm³/mol. The van der Waals surface area contributed by atoms with Gasteiger partial charge >= 0.3 is 6.09 Å². The van der Waals surface area contributed by atoms with Gasteiger partial charge in [-0.1, -0.05) is 0 Å². The van der Waals surface area contributed by atoms with Crippen LogP contribution in [0.2, 0.25) is 0 Å². The van der Waals surface area contributed by atoms with Crippen LogP contribution >= 0.6 is 0 Å². The summed E-state index contributed by atoms with van der Waals surface area (Å²) in [5, 5.41) is 5.52. The van der Waals surface area contributed by atoms with E-state index in [0.29, 0.717) is 53.6 Å². The third-order valence-electron chi connectivity index (χ3n) is 5.86. The number of ether oxygens (including phenoxy) is 2. The molecule has 2 aromatic heterocycles. The van der Waals surface area contributed by atoms with Crippen LogP contribution in [-0.2, 0) is 4.74 Å². The van der Waals surface area contributed by atoms with E-state index in [9.17, 15) is 9.18 Å². The number of benzene rings is 2. The van der Waals surface area contributed by atoms with Crippen LogP contribution < -0.4 is 10.5 Å². The number of amides is 1. The van der Waals surface area contributed by atoms with Gasteiger partial charge in [0.25, 0.3) is 0 Å². The Kier molecular flexibility index (Phi) is 5.95. The molecule has 5 rings (SSSR count). The van der Waals surface area contributed by atoms with E-state index in [1.807, 2.05) is 49.7 Å². The number of anilines is 1. The highest BCUT2D eigenvalue weighted by atomic mass is 19.1. The normalized spacial score (nSPS) is 15.9. The second-order valence-electron chi connectivity index (χ2n) is 9.70. The molecule has 1 aliphatic heterocycles. The Labute approximate surface area is 207 Å². The molecule has 0 saturated carbocycles. The number of rotatable bonds is 4. The summed E-state index contributed by atoms with van der Waals surface area (Å²) in [7, 11) is 0. The molecule has 1 aliphatic rings. The first-order chi connectivity index (χ1) is 17.2. The summed E-state index contributed by atoms with van der Waals surface area (Å²) in [5.41, 5.74) is 7.76. The molecule has 10 heteroatoms. The standard InChI is InChI=1S/C26H27FN6O3/c1-26(2,3)36-25(34)32-13-12-18(14-32)33-24-21(23(28)29-15-30-24)22(31-33)16-4-8-19(9-5-16)35-20-10-6-17(27)7-11-20/h4-11,15,18H,12-14H2,1-3H3,(H2,28,29,30)/t18-/m1/s1. The van der Waals surface area contributed by atoms with Crippen LogP contribution in [0, 0.1) is 5.82 Å². The van der Waals surface area contributed by atoms with Gasteiger partial charge in [-0.25, -0.2) is 23.8 Å². The van der Waals surface area contributed by atoms with Crippen molar-refractivity contribution in [1.29, 1.82) is 0 Å². The van der Waals surface area contributed by atoms with Gasteiger partial charge in [-0.2, -0.15) is 5.10 Å². The minimum absolute atomic E-state index is 0.0795. The van der Waals surface area contributed by atoms with Gasteiger partial charge in [0.2, 0.25) is 0 Å². The van der Waals surface area contributed by atoms with E-state index in [1.54, 1.807) is 17.0 Å². The van der Waals surface area contributed by atoms with Crippen LogP contribution in [0.4, 0.5) is 15.0 Å². The number of halogens is 1. The lowest BCUT2D eigenvalue weighted by Gasteiger charge is -2.24. The average Bonchev–Trinajstić information content (AvgIpc) is 3.46. The molecule has 0 aliphatic carbocycles. The maximum Gasteiger partial charge on any atom is 0.410 e. The number of nitrogens with zero attached hydrogens (tertiary/aromatic N) is 5. The lowest BCUT2D eigenvalue weighted by molar-refractivity contribution is 0.0288. The number of carbonyl (C=O) groups excluding carboxylic acids is 1. The number of hydrogen-bond acceptors (Lipinski definition) is 7. The number of hydrogen-bond donors (Lipinski definition) is 1. The van der Waals surface area contributed by atoms with E-state index in [0.717, 1.165) is 5.56 Å². The van der Waals surface area contributed by atoms with Crippen LogP contribution in [0.1, 0.15) is 33.2 Å². The van der Waals surface area contributed by atoms with Gasteiger partial charge in [0.15, 0.2) is 5.65 Å². The number of nitrogens with two attached hydrogens (primary N) is 1. The summed E-state index contributed by atoms with van der Waals surface area (Å²) in [5.74, 6) is 1.14. The zero-order valence-electron chi connectivity index (χ0n) is 20.3. The average molecular weight is 491 g/mol. The molecule has 2 N–H and O–H groups in total. The molecule has 0 spiro atoms. The van der Waals surface area contributed by atoms with E-state index in [1.165, 1.54) is 18.5 Å². The Balaban J connectivity index is 1.42. The fourth-order valence-electron chi connectivity index (χ4n) is 4.21. The zero-order valence-corrected chi connectivity index (χ0v) is 20.3. The zero-order chi connectivity index (χ0) is 25.4. The van der Waals surface area contributed by atoms with Crippen LogP contribution in [-0.4, -0.2) is 49.4 Å². The molecule has 1 saturated heterocycles. The van der Waals surface area contributed by atoms with Gasteiger partial charge in [-0.05, 0) is 75.7 Å². The molecule has 4 aromatic rings. The van der Waals surface area contributed by atoms with Crippen molar-refractivity contribution in [3.63, 3.8) is 0 Å². The van der Waals surface area contributed by atoms with Crippen molar-refractivity contribution in [2.75, 3.05) is 18.8 Å². The SMILES string of the molecule is CC(C)(C)OC(=O)N1CC[C@@H](n2nc(-c3ccc(Oc4ccc(F)cc4)cc3)c3c(N)ncnc32)C1. The summed E-state index contributed by atoms with van der Waals surface area (Å²) in [6, 6.07) is 13.1. The van der Waals surface area contributed by atoms with Crippen molar-refractivity contribution >= 4 is 22.9 Å². The number of fused-ring (bicyclic) bond motifs is 1. The number of nitrogen functional groups attached to an aromatic ring is 1. The van der Waals surface area contributed by atoms with Crippen molar-refractivity contribution < 1.29 is 18.7 Å². The van der Waals surface area contributed by atoms with Gasteiger partial charge in [-0.15, -0.1) is 0 Å². The third-order valence-corrected chi connectivity index (χ3v) is 5.86. The second kappa shape index (κ2) is 9.10. The van der Waals surface area contributed by atoms with Crippen molar-refractivity contribution in [1.82, 2.24) is 24.6 Å². The number of carbonyl (C=O) groups is 1. The quantitative estimate of drug-likeness (QED) is 0.419. The molecule has 0 radical (unpaired) electrons. The van der Waals surface area contributed by atoms with E-state index in [2.05, 4.69) is 9.97 Å². The molecule has 0 unspecified atom stereocenters. The van der Waals surface area contributed by atoms with Gasteiger partial charge in [0.1, 0.15) is 40.8 Å². The first-order valence-electron chi connectivity index (χ1n) is 11.7. The summed E-state index contributed by atoms with van der Waals surface area (Å²) >= 11 is 0. The van der Waals surface area contributed by atoms with Gasteiger partial charge in [-0.3, -0.25) is 0 Å². The van der Waals surface area contributed by atoms with Crippen LogP contribution in [0.25, 0.3) is 22.3 Å². The highest BCUT2D eigenvalue weighted by molar-refractivity contribution is 5.98. The summed E-state index contributed by atoms with van der Waals surface area (Å²) in [6.07, 6.45) is 1.79. The Morgan fingerprint density at radius 1 is 1.06 bits per heavy atom. The van der Waals surface area contributed by atoms with E-state index in [-0.39, 0.29) is 18.0 Å². The fraction of sp³-hybridized carbons (Fsp3) is 0.308. The molecule has 0 bridgehead atoms. The predicted octanol–water partition coefficient (Wildman–Crippen LogP) is 5.19. The lowest BCUT2D eigenvalue weighted by Crippen LogP contribution is -2.35. The molecule has 186 valence electrons. The molecule has 9 nitrogen and oxygen atoms in total. The van der Waals surface area contributed by atoms with Crippen molar-refractivity contribution in [3.05, 3.63) is 60.7 Å². The monoisotopic (exact) mass is 490 g/mol. The molecule has 2 aromatic carbocycles. The number of aromatic nitrogens is 4. The topological polar surface area (TPSA) is 108 Å². The minimum Gasteiger partial charge on any atom is -0.457 e. The van der Waals surface area contributed by atoms with Crippen LogP contribution in [0.5, 0.6) is 11.5 Å². The Bertz CT molecular complexity index is 1400. The summed E-state index contributed by atoms with van der Waals surface area (Å²) in [4.78, 5) is 22.9. The van der Waals surface area contributed by atoms with Crippen LogP contribution in [0.15, 0.2) is 54.9 Å². The molecular weight excluding hydrogens is 463 g/mol. The molecule has 1 amide bonds. The Morgan fingerprint density at radius 2 is 1.72 bits per heavy atom. The first-order valence-corrected chi connectivity index (χ1v) is 11.7. The largest absolute Gasteiger partial charge is 0.457 e. The van der Waals surface area contributed by atoms with E-state index < -0.39 is 5.60 Å². The highest BCUT2D eigenvalue weighted by Gasteiger charge is 2.33. The van der Waals surface area contributed by atoms with Crippen molar-refractivity contribution in [3.8, 4) is 22.8 Å². The smallest absolute Gasteiger partial charge is 0.410 e. The first kappa shape index (κ1) is 23.5.